The van der Waals surface area contributed by atoms with Gasteiger partial charge in [0, 0.05) is 18.0 Å². The van der Waals surface area contributed by atoms with Crippen molar-refractivity contribution in [3.63, 3.8) is 0 Å². The summed E-state index contributed by atoms with van der Waals surface area (Å²) in [5.41, 5.74) is 7.41. The number of hydrogen-bond donors (Lipinski definition) is 1. The van der Waals surface area contributed by atoms with Gasteiger partial charge in [-0.3, -0.25) is 4.79 Å². The van der Waals surface area contributed by atoms with Crippen molar-refractivity contribution in [2.75, 3.05) is 19.6 Å². The normalized spacial score (nSPS) is 15.4. The fourth-order valence-electron chi connectivity index (χ4n) is 2.96. The Balaban J connectivity index is 0.000000219. The number of nitrogens with two attached hydrogens (primary N) is 1. The van der Waals surface area contributed by atoms with Crippen molar-refractivity contribution in [1.29, 1.82) is 0 Å². The summed E-state index contributed by atoms with van der Waals surface area (Å²) in [6.45, 7) is 6.06. The number of likely N-dealkylation sites (tertiary alicyclic amines) is 1. The molecule has 0 unspecified atom stereocenters. The first-order chi connectivity index (χ1) is 11.7. The van der Waals surface area contributed by atoms with Crippen LogP contribution in [-0.4, -0.2) is 30.3 Å². The van der Waals surface area contributed by atoms with Gasteiger partial charge >= 0.3 is 0 Å². The van der Waals surface area contributed by atoms with Gasteiger partial charge in [0.05, 0.1) is 0 Å². The number of benzene rings is 2. The van der Waals surface area contributed by atoms with Gasteiger partial charge in [0.2, 0.25) is 0 Å². The third-order valence-electron chi connectivity index (χ3n) is 4.54. The molecule has 0 amide bonds. The number of ketones is 1. The molecular formula is C21H28N2O. The quantitative estimate of drug-likeness (QED) is 0.871. The highest BCUT2D eigenvalue weighted by Gasteiger charge is 2.24. The number of hydrogen-bond acceptors (Lipinski definition) is 3. The predicted molar refractivity (Wildman–Crippen MR) is 99.9 cm³/mol. The second-order valence-electron chi connectivity index (χ2n) is 6.13. The minimum absolute atomic E-state index is 0.241. The van der Waals surface area contributed by atoms with Gasteiger partial charge < -0.3 is 10.6 Å². The lowest BCUT2D eigenvalue weighted by Crippen LogP contribution is -2.36. The maximum Gasteiger partial charge on any atom is 0.166 e. The Hall–Kier alpha value is -1.97. The minimum atomic E-state index is 0.241. The van der Waals surface area contributed by atoms with Crippen LogP contribution >= 0.6 is 0 Å². The standard InChI is InChI=1S/C14H19NO.C7H9N/c1-2-15-10-8-13(9-11-15)14(16)12-6-4-3-5-7-12;8-6-7-4-2-1-3-5-7/h3-7,13H,2,8-11H2,1H3;1-5H,6,8H2. The minimum Gasteiger partial charge on any atom is -0.326 e. The maximum atomic E-state index is 12.2. The molecule has 1 saturated heterocycles. The Morgan fingerprint density at radius 3 is 2.00 bits per heavy atom. The van der Waals surface area contributed by atoms with Crippen LogP contribution < -0.4 is 5.73 Å². The lowest BCUT2D eigenvalue weighted by Gasteiger charge is -2.30. The van der Waals surface area contributed by atoms with Crippen LogP contribution in [0.4, 0.5) is 0 Å². The molecule has 3 rings (SSSR count). The summed E-state index contributed by atoms with van der Waals surface area (Å²) >= 11 is 0. The Kier molecular flexibility index (Phi) is 7.66. The highest BCUT2D eigenvalue weighted by atomic mass is 16.1. The van der Waals surface area contributed by atoms with Crippen molar-refractivity contribution in [3.8, 4) is 0 Å². The Bertz CT molecular complexity index is 590. The zero-order valence-corrected chi connectivity index (χ0v) is 14.5. The number of nitrogens with zero attached hydrogens (tertiary/aromatic N) is 1. The van der Waals surface area contributed by atoms with Gasteiger partial charge in [-0.15, -0.1) is 0 Å². The second kappa shape index (κ2) is 10.0. The number of piperidine rings is 1. The molecule has 2 N–H and O–H groups in total. The van der Waals surface area contributed by atoms with Gasteiger partial charge in [0.15, 0.2) is 5.78 Å². The van der Waals surface area contributed by atoms with E-state index in [0.29, 0.717) is 12.3 Å². The Morgan fingerprint density at radius 1 is 1.00 bits per heavy atom. The first-order valence-electron chi connectivity index (χ1n) is 8.80. The van der Waals surface area contributed by atoms with Crippen molar-refractivity contribution < 1.29 is 4.79 Å². The molecule has 0 atom stereocenters. The van der Waals surface area contributed by atoms with Gasteiger partial charge in [0.25, 0.3) is 0 Å². The highest BCUT2D eigenvalue weighted by molar-refractivity contribution is 5.97. The van der Waals surface area contributed by atoms with E-state index in [-0.39, 0.29) is 5.92 Å². The van der Waals surface area contributed by atoms with E-state index in [1.54, 1.807) is 0 Å². The molecule has 2 aromatic rings. The van der Waals surface area contributed by atoms with E-state index >= 15 is 0 Å². The maximum absolute atomic E-state index is 12.2. The highest BCUT2D eigenvalue weighted by Crippen LogP contribution is 2.21. The summed E-state index contributed by atoms with van der Waals surface area (Å²) in [6, 6.07) is 19.7. The molecule has 0 aliphatic carbocycles. The number of carbonyl (C=O) groups excluding carboxylic acids is 1. The van der Waals surface area contributed by atoms with Gasteiger partial charge in [-0.25, -0.2) is 0 Å². The summed E-state index contributed by atoms with van der Waals surface area (Å²) < 4.78 is 0. The Morgan fingerprint density at radius 2 is 1.54 bits per heavy atom. The topological polar surface area (TPSA) is 46.3 Å². The SMILES string of the molecule is CCN1CCC(C(=O)c2ccccc2)CC1.NCc1ccccc1. The monoisotopic (exact) mass is 324 g/mol. The van der Waals surface area contributed by atoms with Crippen LogP contribution in [0.3, 0.4) is 0 Å². The largest absolute Gasteiger partial charge is 0.326 e. The molecule has 1 heterocycles. The van der Waals surface area contributed by atoms with E-state index < -0.39 is 0 Å². The van der Waals surface area contributed by atoms with Crippen LogP contribution in [0.25, 0.3) is 0 Å². The molecule has 0 saturated carbocycles. The third-order valence-corrected chi connectivity index (χ3v) is 4.54. The molecule has 1 aliphatic heterocycles. The smallest absolute Gasteiger partial charge is 0.166 e. The molecule has 3 nitrogen and oxygen atoms in total. The van der Waals surface area contributed by atoms with E-state index in [1.165, 1.54) is 5.56 Å². The lowest BCUT2D eigenvalue weighted by molar-refractivity contribution is 0.0844. The van der Waals surface area contributed by atoms with Gasteiger partial charge in [0.1, 0.15) is 0 Å². The zero-order chi connectivity index (χ0) is 17.2. The molecule has 1 aliphatic rings. The average molecular weight is 324 g/mol. The predicted octanol–water partition coefficient (Wildman–Crippen LogP) is 3.75. The molecule has 128 valence electrons. The molecule has 0 spiro atoms. The molecule has 24 heavy (non-hydrogen) atoms. The van der Waals surface area contributed by atoms with E-state index in [0.717, 1.165) is 38.0 Å². The van der Waals surface area contributed by atoms with Gasteiger partial charge in [-0.1, -0.05) is 67.6 Å². The Labute approximate surface area is 145 Å². The summed E-state index contributed by atoms with van der Waals surface area (Å²) in [4.78, 5) is 14.6. The summed E-state index contributed by atoms with van der Waals surface area (Å²) in [7, 11) is 0. The molecular weight excluding hydrogens is 296 g/mol. The molecule has 0 bridgehead atoms. The zero-order valence-electron chi connectivity index (χ0n) is 14.5. The average Bonchev–Trinajstić information content (AvgIpc) is 2.69. The van der Waals surface area contributed by atoms with E-state index in [1.807, 2.05) is 60.7 Å². The first kappa shape index (κ1) is 18.4. The molecule has 0 aromatic heterocycles. The van der Waals surface area contributed by atoms with Crippen molar-refractivity contribution >= 4 is 5.78 Å². The fourth-order valence-corrected chi connectivity index (χ4v) is 2.96. The number of rotatable bonds is 4. The van der Waals surface area contributed by atoms with Crippen LogP contribution in [0.1, 0.15) is 35.7 Å². The molecule has 0 radical (unpaired) electrons. The van der Waals surface area contributed by atoms with E-state index in [9.17, 15) is 4.79 Å². The van der Waals surface area contributed by atoms with Crippen molar-refractivity contribution in [2.24, 2.45) is 11.7 Å². The van der Waals surface area contributed by atoms with Crippen molar-refractivity contribution in [1.82, 2.24) is 4.90 Å². The molecule has 2 aromatic carbocycles. The number of Topliss-reactive ketones (excluding diaryl/α,β-unsaturated/α-hetero) is 1. The third kappa shape index (κ3) is 5.59. The second-order valence-corrected chi connectivity index (χ2v) is 6.13. The fraction of sp³-hybridized carbons (Fsp3) is 0.381. The number of carbonyl (C=O) groups is 1. The lowest BCUT2D eigenvalue weighted by atomic mass is 9.89. The van der Waals surface area contributed by atoms with Crippen molar-refractivity contribution in [2.45, 2.75) is 26.3 Å². The summed E-state index contributed by atoms with van der Waals surface area (Å²) in [5, 5.41) is 0. The molecule has 3 heteroatoms. The van der Waals surface area contributed by atoms with Crippen LogP contribution in [0, 0.1) is 5.92 Å². The van der Waals surface area contributed by atoms with Gasteiger partial charge in [-0.2, -0.15) is 0 Å². The first-order valence-corrected chi connectivity index (χ1v) is 8.80. The van der Waals surface area contributed by atoms with Crippen LogP contribution in [0.5, 0.6) is 0 Å². The van der Waals surface area contributed by atoms with E-state index in [4.69, 9.17) is 5.73 Å². The van der Waals surface area contributed by atoms with E-state index in [2.05, 4.69) is 11.8 Å². The van der Waals surface area contributed by atoms with Crippen molar-refractivity contribution in [3.05, 3.63) is 71.8 Å². The van der Waals surface area contributed by atoms with Crippen LogP contribution in [0.2, 0.25) is 0 Å². The van der Waals surface area contributed by atoms with Crippen LogP contribution in [-0.2, 0) is 6.54 Å². The molecule has 1 fully saturated rings. The van der Waals surface area contributed by atoms with Gasteiger partial charge in [-0.05, 0) is 38.0 Å². The summed E-state index contributed by atoms with van der Waals surface area (Å²) in [5.74, 6) is 0.571. The van der Waals surface area contributed by atoms with Crippen LogP contribution in [0.15, 0.2) is 60.7 Å². The summed E-state index contributed by atoms with van der Waals surface area (Å²) in [6.07, 6.45) is 2.03.